The average molecular weight is 635 g/mol. The van der Waals surface area contributed by atoms with Crippen molar-refractivity contribution in [2.45, 2.75) is 147 Å². The summed E-state index contributed by atoms with van der Waals surface area (Å²) in [5.41, 5.74) is -0.692. The molecule has 44 heavy (non-hydrogen) atoms. The third-order valence-electron chi connectivity index (χ3n) is 7.53. The summed E-state index contributed by atoms with van der Waals surface area (Å²) >= 11 is 0. The van der Waals surface area contributed by atoms with Gasteiger partial charge in [0.15, 0.2) is 0 Å². The molecule has 0 aromatic heterocycles. The van der Waals surface area contributed by atoms with Gasteiger partial charge in [-0.25, -0.2) is 9.59 Å². The van der Waals surface area contributed by atoms with Crippen LogP contribution in [0.4, 0.5) is 0 Å². The summed E-state index contributed by atoms with van der Waals surface area (Å²) in [5.74, 6) is -1.76. The summed E-state index contributed by atoms with van der Waals surface area (Å²) in [4.78, 5) is 25.1. The van der Waals surface area contributed by atoms with Gasteiger partial charge < -0.3 is 9.47 Å². The Hall–Kier alpha value is -2.45. The molecule has 1 aromatic carbocycles. The molecule has 0 saturated heterocycles. The third-order valence-corrected chi connectivity index (χ3v) is 8.43. The molecule has 0 atom stereocenters. The van der Waals surface area contributed by atoms with E-state index >= 15 is 0 Å². The van der Waals surface area contributed by atoms with Crippen LogP contribution in [0.1, 0.15) is 163 Å². The van der Waals surface area contributed by atoms with Crippen molar-refractivity contribution >= 4 is 22.1 Å². The van der Waals surface area contributed by atoms with Gasteiger partial charge in [0.05, 0.1) is 24.3 Å². The maximum absolute atomic E-state index is 12.9. The van der Waals surface area contributed by atoms with Gasteiger partial charge in [0.25, 0.3) is 10.1 Å². The van der Waals surface area contributed by atoms with Crippen LogP contribution in [0.2, 0.25) is 0 Å². The lowest BCUT2D eigenvalue weighted by Gasteiger charge is -2.13. The van der Waals surface area contributed by atoms with Crippen LogP contribution < -0.4 is 0 Å². The highest BCUT2D eigenvalue weighted by Gasteiger charge is 2.28. The number of rotatable bonds is 27. The van der Waals surface area contributed by atoms with Gasteiger partial charge in [-0.05, 0) is 63.5 Å². The summed E-state index contributed by atoms with van der Waals surface area (Å²) < 4.78 is 44.4. The minimum absolute atomic E-state index is 0.104. The molecule has 0 heterocycles. The van der Waals surface area contributed by atoms with Crippen LogP contribution in [0.5, 0.6) is 0 Å². The maximum atomic E-state index is 12.9. The van der Waals surface area contributed by atoms with Crippen LogP contribution in [0, 0.1) is 0 Å². The molecule has 0 radical (unpaired) electrons. The molecule has 250 valence electrons. The highest BCUT2D eigenvalue weighted by Crippen LogP contribution is 2.23. The second kappa shape index (κ2) is 25.8. The van der Waals surface area contributed by atoms with Gasteiger partial charge in [-0.15, -0.1) is 0 Å². The second-order valence-electron chi connectivity index (χ2n) is 11.4. The first kappa shape index (κ1) is 39.6. The Morgan fingerprint density at radius 3 is 1.45 bits per heavy atom. The SMILES string of the molecule is CC/C=C/CCCCCCCCCCOC(=O)c1cccc(S(=O)(=O)O)c1C(=O)OCCCCCCCCCC/C=C/CC. The lowest BCUT2D eigenvalue weighted by Crippen LogP contribution is -2.19. The molecular weight excluding hydrogens is 576 g/mol. The molecule has 0 unspecified atom stereocenters. The third kappa shape index (κ3) is 19.0. The van der Waals surface area contributed by atoms with Crippen molar-refractivity contribution < 1.29 is 32.0 Å². The van der Waals surface area contributed by atoms with Crippen LogP contribution in [-0.4, -0.2) is 38.1 Å². The molecule has 1 aromatic rings. The van der Waals surface area contributed by atoms with E-state index in [0.717, 1.165) is 70.3 Å². The van der Waals surface area contributed by atoms with Crippen molar-refractivity contribution in [1.29, 1.82) is 0 Å². The Morgan fingerprint density at radius 1 is 0.614 bits per heavy atom. The van der Waals surface area contributed by atoms with Crippen molar-refractivity contribution in [3.63, 3.8) is 0 Å². The molecule has 8 heteroatoms. The van der Waals surface area contributed by atoms with E-state index in [-0.39, 0.29) is 18.8 Å². The van der Waals surface area contributed by atoms with E-state index in [4.69, 9.17) is 9.47 Å². The Labute approximate surface area is 267 Å². The smallest absolute Gasteiger partial charge is 0.340 e. The fraction of sp³-hybridized carbons (Fsp3) is 0.667. The molecule has 0 fully saturated rings. The van der Waals surface area contributed by atoms with Crippen molar-refractivity contribution in [2.24, 2.45) is 0 Å². The van der Waals surface area contributed by atoms with E-state index in [0.29, 0.717) is 12.8 Å². The molecule has 0 spiro atoms. The molecule has 0 bridgehead atoms. The van der Waals surface area contributed by atoms with Crippen molar-refractivity contribution in [1.82, 2.24) is 0 Å². The second-order valence-corrected chi connectivity index (χ2v) is 12.8. The molecule has 1 rings (SSSR count). The summed E-state index contributed by atoms with van der Waals surface area (Å²) in [5, 5.41) is 0. The zero-order chi connectivity index (χ0) is 32.3. The minimum atomic E-state index is -4.76. The van der Waals surface area contributed by atoms with Crippen molar-refractivity contribution in [3.8, 4) is 0 Å². The molecule has 0 aliphatic heterocycles. The monoisotopic (exact) mass is 634 g/mol. The van der Waals surface area contributed by atoms with Crippen LogP contribution in [0.25, 0.3) is 0 Å². The average Bonchev–Trinajstić information content (AvgIpc) is 3.00. The molecule has 0 saturated carbocycles. The van der Waals surface area contributed by atoms with Crippen molar-refractivity contribution in [2.75, 3.05) is 13.2 Å². The molecule has 7 nitrogen and oxygen atoms in total. The number of unbranched alkanes of at least 4 members (excludes halogenated alkanes) is 16. The molecule has 1 N–H and O–H groups in total. The van der Waals surface area contributed by atoms with E-state index < -0.39 is 32.5 Å². The first-order valence-corrected chi connectivity index (χ1v) is 18.5. The number of benzene rings is 1. The quantitative estimate of drug-likeness (QED) is 0.0444. The van der Waals surface area contributed by atoms with E-state index in [1.165, 1.54) is 63.5 Å². The Morgan fingerprint density at radius 2 is 1.02 bits per heavy atom. The van der Waals surface area contributed by atoms with E-state index in [9.17, 15) is 22.6 Å². The van der Waals surface area contributed by atoms with Gasteiger partial charge in [0.2, 0.25) is 0 Å². The molecule has 0 amide bonds. The number of hydrogen-bond donors (Lipinski definition) is 1. The van der Waals surface area contributed by atoms with Gasteiger partial charge >= 0.3 is 11.9 Å². The van der Waals surface area contributed by atoms with Gasteiger partial charge in [0.1, 0.15) is 4.90 Å². The van der Waals surface area contributed by atoms with Crippen LogP contribution in [0.3, 0.4) is 0 Å². The Kier molecular flexibility index (Phi) is 23.2. The Bertz CT molecular complexity index is 1080. The van der Waals surface area contributed by atoms with Crippen LogP contribution in [-0.2, 0) is 19.6 Å². The fourth-order valence-corrected chi connectivity index (χ4v) is 5.73. The number of ether oxygens (including phenoxy) is 2. The molecule has 0 aliphatic carbocycles. The predicted octanol–water partition coefficient (Wildman–Crippen LogP) is 10.2. The zero-order valence-electron chi connectivity index (χ0n) is 27.4. The summed E-state index contributed by atoms with van der Waals surface area (Å²) in [7, 11) is -4.76. The van der Waals surface area contributed by atoms with Gasteiger partial charge in [-0.2, -0.15) is 8.42 Å². The number of carbonyl (C=O) groups is 2. The van der Waals surface area contributed by atoms with Gasteiger partial charge in [-0.1, -0.05) is 121 Å². The van der Waals surface area contributed by atoms with Crippen LogP contribution in [0.15, 0.2) is 47.4 Å². The first-order chi connectivity index (χ1) is 21.3. The number of hydrogen-bond acceptors (Lipinski definition) is 6. The zero-order valence-corrected chi connectivity index (χ0v) is 28.2. The van der Waals surface area contributed by atoms with Crippen LogP contribution >= 0.6 is 0 Å². The number of carbonyl (C=O) groups excluding carboxylic acids is 2. The molecular formula is C36H58O7S. The largest absolute Gasteiger partial charge is 0.462 e. The topological polar surface area (TPSA) is 107 Å². The van der Waals surface area contributed by atoms with Crippen molar-refractivity contribution in [3.05, 3.63) is 53.6 Å². The summed E-state index contributed by atoms with van der Waals surface area (Å²) in [6, 6.07) is 3.72. The minimum Gasteiger partial charge on any atom is -0.462 e. The lowest BCUT2D eigenvalue weighted by molar-refractivity contribution is 0.0446. The van der Waals surface area contributed by atoms with Gasteiger partial charge in [-0.3, -0.25) is 4.55 Å². The predicted molar refractivity (Wildman–Crippen MR) is 179 cm³/mol. The standard InChI is InChI=1S/C36H58O7S/c1-3-5-7-9-11-13-15-17-19-21-23-25-30-42-35(37)32-28-27-29-33(44(39,40)41)34(32)36(38)43-31-26-24-22-20-18-16-14-12-10-8-6-4-2/h5-8,27-29H,3-4,9-26,30-31H2,1-2H3,(H,39,40,41)/b7-5+,8-6+. The van der Waals surface area contributed by atoms with E-state index in [1.54, 1.807) is 0 Å². The van der Waals surface area contributed by atoms with Gasteiger partial charge in [0, 0.05) is 0 Å². The number of esters is 2. The number of allylic oxidation sites excluding steroid dienone is 4. The van der Waals surface area contributed by atoms with E-state index in [1.807, 2.05) is 0 Å². The first-order valence-electron chi connectivity index (χ1n) is 17.1. The summed E-state index contributed by atoms with van der Waals surface area (Å²) in [6.07, 6.45) is 30.7. The highest BCUT2D eigenvalue weighted by atomic mass is 32.2. The lowest BCUT2D eigenvalue weighted by atomic mass is 10.1. The molecule has 0 aliphatic rings. The highest BCUT2D eigenvalue weighted by molar-refractivity contribution is 7.86. The summed E-state index contributed by atoms with van der Waals surface area (Å²) in [6.45, 7) is 4.56. The van der Waals surface area contributed by atoms with E-state index in [2.05, 4.69) is 38.2 Å². The maximum Gasteiger partial charge on any atom is 0.340 e. The normalized spacial score (nSPS) is 11.9. The Balaban J connectivity index is 2.40. The fourth-order valence-electron chi connectivity index (χ4n) is 5.03.